The first kappa shape index (κ1) is 13.1. The van der Waals surface area contributed by atoms with Crippen molar-refractivity contribution in [1.29, 1.82) is 0 Å². The van der Waals surface area contributed by atoms with Gasteiger partial charge in [0, 0.05) is 20.1 Å². The Morgan fingerprint density at radius 3 is 2.83 bits per heavy atom. The van der Waals surface area contributed by atoms with Gasteiger partial charge in [0.2, 0.25) is 5.91 Å². The number of rotatable bonds is 4. The fraction of sp³-hybridized carbons (Fsp3) is 0.533. The van der Waals surface area contributed by atoms with Gasteiger partial charge in [0.25, 0.3) is 0 Å². The molecule has 0 aliphatic carbocycles. The Bertz CT molecular complexity index is 371. The highest BCUT2D eigenvalue weighted by Crippen LogP contribution is 2.13. The summed E-state index contributed by atoms with van der Waals surface area (Å²) in [7, 11) is 1.92. The number of likely N-dealkylation sites (N-methyl/N-ethyl adjacent to an activating group) is 1. The van der Waals surface area contributed by atoms with Crippen LogP contribution >= 0.6 is 0 Å². The van der Waals surface area contributed by atoms with Crippen LogP contribution in [0.2, 0.25) is 0 Å². The molecule has 1 atom stereocenters. The Morgan fingerprint density at radius 1 is 1.39 bits per heavy atom. The molecule has 0 saturated carbocycles. The maximum absolute atomic E-state index is 12.2. The molecule has 1 aliphatic rings. The van der Waals surface area contributed by atoms with Crippen LogP contribution in [0.3, 0.4) is 0 Å². The summed E-state index contributed by atoms with van der Waals surface area (Å²) in [5.41, 5.74) is 1.29. The molecule has 1 aromatic rings. The van der Waals surface area contributed by atoms with Crippen molar-refractivity contribution in [2.45, 2.75) is 19.3 Å². The maximum atomic E-state index is 12.2. The van der Waals surface area contributed by atoms with Crippen LogP contribution in [-0.2, 0) is 11.2 Å². The number of nitrogens with one attached hydrogen (secondary N) is 1. The van der Waals surface area contributed by atoms with Crippen molar-refractivity contribution in [2.24, 2.45) is 5.92 Å². The molecule has 1 aliphatic heterocycles. The van der Waals surface area contributed by atoms with Crippen molar-refractivity contribution in [3.8, 4) is 0 Å². The molecule has 3 nitrogen and oxygen atoms in total. The van der Waals surface area contributed by atoms with Gasteiger partial charge in [0.15, 0.2) is 0 Å². The molecule has 1 heterocycles. The summed E-state index contributed by atoms with van der Waals surface area (Å²) in [6.07, 6.45) is 3.08. The second kappa shape index (κ2) is 6.55. The molecule has 1 fully saturated rings. The highest BCUT2D eigenvalue weighted by Gasteiger charge is 2.23. The first-order chi connectivity index (χ1) is 8.77. The Morgan fingerprint density at radius 2 is 2.17 bits per heavy atom. The van der Waals surface area contributed by atoms with Crippen LogP contribution in [0, 0.1) is 5.92 Å². The zero-order valence-corrected chi connectivity index (χ0v) is 11.1. The lowest BCUT2D eigenvalue weighted by molar-refractivity contribution is -0.134. The van der Waals surface area contributed by atoms with E-state index in [1.807, 2.05) is 30.1 Å². The lowest BCUT2D eigenvalue weighted by atomic mass is 9.98. The zero-order valence-electron chi connectivity index (χ0n) is 11.1. The van der Waals surface area contributed by atoms with Crippen molar-refractivity contribution < 1.29 is 4.79 Å². The van der Waals surface area contributed by atoms with Crippen LogP contribution in [0.4, 0.5) is 0 Å². The second-order valence-electron chi connectivity index (χ2n) is 5.04. The first-order valence-electron chi connectivity index (χ1n) is 6.77. The molecule has 0 spiro atoms. The summed E-state index contributed by atoms with van der Waals surface area (Å²) >= 11 is 0. The zero-order chi connectivity index (χ0) is 12.8. The predicted molar refractivity (Wildman–Crippen MR) is 73.4 cm³/mol. The quantitative estimate of drug-likeness (QED) is 0.877. The molecular formula is C15H22N2O. The second-order valence-corrected chi connectivity index (χ2v) is 5.04. The maximum Gasteiger partial charge on any atom is 0.226 e. The van der Waals surface area contributed by atoms with Gasteiger partial charge in [-0.2, -0.15) is 0 Å². The van der Waals surface area contributed by atoms with E-state index < -0.39 is 0 Å². The Kier molecular flexibility index (Phi) is 4.76. The van der Waals surface area contributed by atoms with Gasteiger partial charge in [0.1, 0.15) is 0 Å². The highest BCUT2D eigenvalue weighted by atomic mass is 16.2. The number of hydrogen-bond acceptors (Lipinski definition) is 2. The summed E-state index contributed by atoms with van der Waals surface area (Å²) in [6.45, 7) is 2.70. The molecule has 0 aromatic heterocycles. The largest absolute Gasteiger partial charge is 0.345 e. The lowest BCUT2D eigenvalue weighted by Crippen LogP contribution is -2.42. The number of carbonyl (C=O) groups is 1. The van der Waals surface area contributed by atoms with Crippen LogP contribution in [0.1, 0.15) is 18.4 Å². The SMILES string of the molecule is CN(CCc1ccccc1)C(=O)[C@H]1CCCNC1. The number of nitrogens with zero attached hydrogens (tertiary/aromatic N) is 1. The molecule has 1 N–H and O–H groups in total. The molecular weight excluding hydrogens is 224 g/mol. The van der Waals surface area contributed by atoms with Gasteiger partial charge >= 0.3 is 0 Å². The Labute approximate surface area is 109 Å². The van der Waals surface area contributed by atoms with Gasteiger partial charge in [-0.1, -0.05) is 30.3 Å². The van der Waals surface area contributed by atoms with Crippen LogP contribution in [0.15, 0.2) is 30.3 Å². The average Bonchev–Trinajstić information content (AvgIpc) is 2.46. The van der Waals surface area contributed by atoms with Crippen molar-refractivity contribution in [1.82, 2.24) is 10.2 Å². The van der Waals surface area contributed by atoms with Crippen molar-refractivity contribution in [3.63, 3.8) is 0 Å². The molecule has 18 heavy (non-hydrogen) atoms. The number of carbonyl (C=O) groups excluding carboxylic acids is 1. The highest BCUT2D eigenvalue weighted by molar-refractivity contribution is 5.78. The predicted octanol–water partition coefficient (Wildman–Crippen LogP) is 1.69. The number of benzene rings is 1. The molecule has 1 amide bonds. The topological polar surface area (TPSA) is 32.3 Å². The molecule has 0 radical (unpaired) electrons. The fourth-order valence-electron chi connectivity index (χ4n) is 2.43. The van der Waals surface area contributed by atoms with Crippen LogP contribution in [0.5, 0.6) is 0 Å². The third kappa shape index (κ3) is 3.57. The summed E-state index contributed by atoms with van der Waals surface area (Å²) < 4.78 is 0. The van der Waals surface area contributed by atoms with E-state index in [0.717, 1.165) is 38.9 Å². The first-order valence-corrected chi connectivity index (χ1v) is 6.77. The Hall–Kier alpha value is -1.35. The summed E-state index contributed by atoms with van der Waals surface area (Å²) in [5.74, 6) is 0.470. The van der Waals surface area contributed by atoms with E-state index >= 15 is 0 Å². The molecule has 3 heteroatoms. The summed E-state index contributed by atoms with van der Waals surface area (Å²) in [4.78, 5) is 14.1. The molecule has 0 unspecified atom stereocenters. The van der Waals surface area contributed by atoms with Gasteiger partial charge in [-0.15, -0.1) is 0 Å². The lowest BCUT2D eigenvalue weighted by Gasteiger charge is -2.27. The van der Waals surface area contributed by atoms with Gasteiger partial charge in [-0.25, -0.2) is 0 Å². The third-order valence-electron chi connectivity index (χ3n) is 3.60. The van der Waals surface area contributed by atoms with Crippen LogP contribution in [-0.4, -0.2) is 37.5 Å². The van der Waals surface area contributed by atoms with E-state index in [0.29, 0.717) is 0 Å². The summed E-state index contributed by atoms with van der Waals surface area (Å²) in [6, 6.07) is 10.3. The molecule has 1 saturated heterocycles. The van der Waals surface area contributed by atoms with Gasteiger partial charge in [-0.05, 0) is 31.4 Å². The van der Waals surface area contributed by atoms with Crippen LogP contribution in [0.25, 0.3) is 0 Å². The fourth-order valence-corrected chi connectivity index (χ4v) is 2.43. The Balaban J connectivity index is 1.80. The van der Waals surface area contributed by atoms with Crippen molar-refractivity contribution in [2.75, 3.05) is 26.7 Å². The van der Waals surface area contributed by atoms with E-state index in [9.17, 15) is 4.79 Å². The molecule has 1 aromatic carbocycles. The normalized spacial score (nSPS) is 19.5. The number of hydrogen-bond donors (Lipinski definition) is 1. The average molecular weight is 246 g/mol. The number of piperidine rings is 1. The standard InChI is InChI=1S/C15H22N2O/c1-17(11-9-13-6-3-2-4-7-13)15(18)14-8-5-10-16-12-14/h2-4,6-7,14,16H,5,8-12H2,1H3/t14-/m0/s1. The van der Waals surface area contributed by atoms with Gasteiger partial charge in [-0.3, -0.25) is 4.79 Å². The van der Waals surface area contributed by atoms with Crippen molar-refractivity contribution in [3.05, 3.63) is 35.9 Å². The van der Waals surface area contributed by atoms with Gasteiger partial charge < -0.3 is 10.2 Å². The third-order valence-corrected chi connectivity index (χ3v) is 3.60. The van der Waals surface area contributed by atoms with E-state index in [4.69, 9.17) is 0 Å². The smallest absolute Gasteiger partial charge is 0.226 e. The van der Waals surface area contributed by atoms with E-state index in [1.54, 1.807) is 0 Å². The molecule has 2 rings (SSSR count). The van der Waals surface area contributed by atoms with E-state index in [1.165, 1.54) is 5.56 Å². The van der Waals surface area contributed by atoms with E-state index in [2.05, 4.69) is 17.4 Å². The minimum absolute atomic E-state index is 0.180. The van der Waals surface area contributed by atoms with Gasteiger partial charge in [0.05, 0.1) is 5.92 Å². The minimum Gasteiger partial charge on any atom is -0.345 e. The number of amides is 1. The van der Waals surface area contributed by atoms with E-state index in [-0.39, 0.29) is 11.8 Å². The molecule has 0 bridgehead atoms. The monoisotopic (exact) mass is 246 g/mol. The minimum atomic E-state index is 0.180. The van der Waals surface area contributed by atoms with Crippen LogP contribution < -0.4 is 5.32 Å². The molecule has 98 valence electrons. The van der Waals surface area contributed by atoms with Crippen molar-refractivity contribution >= 4 is 5.91 Å². The summed E-state index contributed by atoms with van der Waals surface area (Å²) in [5, 5.41) is 3.30.